The summed E-state index contributed by atoms with van der Waals surface area (Å²) < 4.78 is 0. The molecular formula is C6H10N2O. The summed E-state index contributed by atoms with van der Waals surface area (Å²) in [4.78, 5) is 12.0. The fourth-order valence-corrected chi connectivity index (χ4v) is 1.12. The number of nitrogens with zero attached hydrogens (tertiary/aromatic N) is 1. The lowest BCUT2D eigenvalue weighted by Crippen LogP contribution is -2.28. The number of rotatable bonds is 2. The van der Waals surface area contributed by atoms with Gasteiger partial charge in [0.1, 0.15) is 6.29 Å². The van der Waals surface area contributed by atoms with Crippen LogP contribution in [0, 0.1) is 5.41 Å². The Labute approximate surface area is 54.2 Å². The summed E-state index contributed by atoms with van der Waals surface area (Å²) in [5, 5.41) is 6.88. The third kappa shape index (κ3) is 1.09. The Morgan fingerprint density at radius 1 is 1.67 bits per heavy atom. The summed E-state index contributed by atoms with van der Waals surface area (Å²) in [7, 11) is 0. The van der Waals surface area contributed by atoms with E-state index in [9.17, 15) is 4.79 Å². The zero-order valence-corrected chi connectivity index (χ0v) is 5.21. The van der Waals surface area contributed by atoms with Gasteiger partial charge < -0.3 is 9.69 Å². The van der Waals surface area contributed by atoms with Crippen LogP contribution in [0.15, 0.2) is 0 Å². The second kappa shape index (κ2) is 2.62. The predicted molar refractivity (Wildman–Crippen MR) is 34.6 cm³/mol. The second-order valence-corrected chi connectivity index (χ2v) is 2.21. The molecule has 1 rings (SSSR count). The van der Waals surface area contributed by atoms with Crippen LogP contribution in [0.1, 0.15) is 12.8 Å². The van der Waals surface area contributed by atoms with Crippen molar-refractivity contribution in [2.24, 2.45) is 0 Å². The van der Waals surface area contributed by atoms with Gasteiger partial charge in [0.15, 0.2) is 0 Å². The highest BCUT2D eigenvalue weighted by Crippen LogP contribution is 2.11. The first-order valence-corrected chi connectivity index (χ1v) is 3.10. The highest BCUT2D eigenvalue weighted by atomic mass is 16.1. The molecule has 0 aliphatic carbocycles. The highest BCUT2D eigenvalue weighted by Gasteiger charge is 2.20. The van der Waals surface area contributed by atoms with Crippen LogP contribution in [0.2, 0.25) is 0 Å². The first kappa shape index (κ1) is 6.26. The van der Waals surface area contributed by atoms with Gasteiger partial charge in [-0.15, -0.1) is 0 Å². The molecule has 3 heteroatoms. The van der Waals surface area contributed by atoms with Gasteiger partial charge in [-0.3, -0.25) is 5.41 Å². The quantitative estimate of drug-likeness (QED) is 0.327. The van der Waals surface area contributed by atoms with Crippen LogP contribution in [0.25, 0.3) is 0 Å². The second-order valence-electron chi connectivity index (χ2n) is 2.21. The van der Waals surface area contributed by atoms with Crippen LogP contribution in [0.4, 0.5) is 0 Å². The minimum atomic E-state index is -0.0116. The summed E-state index contributed by atoms with van der Waals surface area (Å²) in [6.07, 6.45) is 4.11. The molecule has 1 N–H and O–H groups in total. The van der Waals surface area contributed by atoms with Crippen molar-refractivity contribution in [2.75, 3.05) is 6.54 Å². The molecular weight excluding hydrogens is 116 g/mol. The fraction of sp³-hybridized carbons (Fsp3) is 0.667. The van der Waals surface area contributed by atoms with Crippen molar-refractivity contribution in [1.82, 2.24) is 4.90 Å². The van der Waals surface area contributed by atoms with Gasteiger partial charge in [0.2, 0.25) is 0 Å². The van der Waals surface area contributed by atoms with Gasteiger partial charge in [-0.25, -0.2) is 0 Å². The maximum Gasteiger partial charge on any atom is 0.142 e. The van der Waals surface area contributed by atoms with Crippen LogP contribution in [0.5, 0.6) is 0 Å². The van der Waals surface area contributed by atoms with Gasteiger partial charge in [0.05, 0.1) is 12.4 Å². The minimum Gasteiger partial charge on any atom is -0.353 e. The van der Waals surface area contributed by atoms with Gasteiger partial charge >= 0.3 is 0 Å². The topological polar surface area (TPSA) is 44.2 Å². The number of carbonyl (C=O) groups is 1. The highest BCUT2D eigenvalue weighted by molar-refractivity contribution is 5.65. The van der Waals surface area contributed by atoms with Crippen molar-refractivity contribution in [3.05, 3.63) is 0 Å². The molecule has 9 heavy (non-hydrogen) atoms. The molecule has 0 aromatic carbocycles. The van der Waals surface area contributed by atoms with Gasteiger partial charge in [-0.05, 0) is 12.8 Å². The summed E-state index contributed by atoms with van der Waals surface area (Å²) in [5.41, 5.74) is 0. The van der Waals surface area contributed by atoms with Crippen LogP contribution < -0.4 is 0 Å². The third-order valence-corrected chi connectivity index (χ3v) is 1.67. The largest absolute Gasteiger partial charge is 0.353 e. The number of hydrogen-bond donors (Lipinski definition) is 1. The molecule has 0 amide bonds. The van der Waals surface area contributed by atoms with E-state index in [2.05, 4.69) is 0 Å². The average Bonchev–Trinajstić information content (AvgIpc) is 2.33. The molecule has 1 heterocycles. The summed E-state index contributed by atoms with van der Waals surface area (Å²) in [6, 6.07) is -0.0116. The van der Waals surface area contributed by atoms with E-state index < -0.39 is 0 Å². The number of nitrogens with one attached hydrogen (secondary N) is 1. The molecule has 1 aliphatic heterocycles. The molecule has 1 atom stereocenters. The van der Waals surface area contributed by atoms with Crippen molar-refractivity contribution in [3.63, 3.8) is 0 Å². The molecule has 0 aromatic rings. The van der Waals surface area contributed by atoms with Crippen LogP contribution >= 0.6 is 0 Å². The van der Waals surface area contributed by atoms with Crippen molar-refractivity contribution in [2.45, 2.75) is 18.9 Å². The van der Waals surface area contributed by atoms with Crippen LogP contribution in [0.3, 0.4) is 0 Å². The Bertz CT molecular complexity index is 110. The number of carbonyl (C=O) groups excluding carboxylic acids is 1. The monoisotopic (exact) mass is 126 g/mol. The van der Waals surface area contributed by atoms with E-state index >= 15 is 0 Å². The molecule has 0 spiro atoms. The van der Waals surface area contributed by atoms with Crippen molar-refractivity contribution < 1.29 is 4.79 Å². The van der Waals surface area contributed by atoms with Crippen LogP contribution in [-0.2, 0) is 4.79 Å². The normalized spacial score (nSPS) is 26.2. The Balaban J connectivity index is 2.50. The zero-order chi connectivity index (χ0) is 6.69. The van der Waals surface area contributed by atoms with Gasteiger partial charge in [-0.2, -0.15) is 0 Å². The Hall–Kier alpha value is -0.860. The van der Waals surface area contributed by atoms with E-state index in [1.54, 1.807) is 4.90 Å². The standard InChI is InChI=1S/C6H10N2O/c7-5-8-3-1-2-6(8)4-9/h4-7H,1-3H2. The lowest BCUT2D eigenvalue weighted by Gasteiger charge is -2.14. The zero-order valence-electron chi connectivity index (χ0n) is 5.21. The van der Waals surface area contributed by atoms with Crippen molar-refractivity contribution >= 4 is 12.6 Å². The molecule has 50 valence electrons. The van der Waals surface area contributed by atoms with E-state index in [0.29, 0.717) is 0 Å². The van der Waals surface area contributed by atoms with Crippen LogP contribution in [-0.4, -0.2) is 30.1 Å². The van der Waals surface area contributed by atoms with Crippen molar-refractivity contribution in [3.8, 4) is 0 Å². The van der Waals surface area contributed by atoms with Crippen molar-refractivity contribution in [1.29, 1.82) is 5.41 Å². The molecule has 0 saturated carbocycles. The lowest BCUT2D eigenvalue weighted by molar-refractivity contribution is -0.110. The van der Waals surface area contributed by atoms with Gasteiger partial charge in [0, 0.05) is 6.54 Å². The minimum absolute atomic E-state index is 0.0116. The van der Waals surface area contributed by atoms with E-state index in [0.717, 1.165) is 25.7 Å². The fourth-order valence-electron chi connectivity index (χ4n) is 1.12. The molecule has 0 radical (unpaired) electrons. The lowest BCUT2D eigenvalue weighted by atomic mass is 10.2. The number of likely N-dealkylation sites (tertiary alicyclic amines) is 1. The summed E-state index contributed by atoms with van der Waals surface area (Å²) >= 11 is 0. The SMILES string of the molecule is N=CN1CCCC1C=O. The summed E-state index contributed by atoms with van der Waals surface area (Å²) in [5.74, 6) is 0. The Morgan fingerprint density at radius 3 is 2.89 bits per heavy atom. The predicted octanol–water partition coefficient (Wildman–Crippen LogP) is 0.257. The first-order chi connectivity index (χ1) is 4.38. The maximum atomic E-state index is 10.2. The molecule has 3 nitrogen and oxygen atoms in total. The molecule has 1 unspecified atom stereocenters. The number of hydrogen-bond acceptors (Lipinski definition) is 2. The maximum absolute atomic E-state index is 10.2. The average molecular weight is 126 g/mol. The smallest absolute Gasteiger partial charge is 0.142 e. The van der Waals surface area contributed by atoms with Gasteiger partial charge in [0.25, 0.3) is 0 Å². The van der Waals surface area contributed by atoms with E-state index in [1.165, 1.54) is 6.34 Å². The van der Waals surface area contributed by atoms with E-state index in [1.807, 2.05) is 0 Å². The molecule has 1 saturated heterocycles. The van der Waals surface area contributed by atoms with Gasteiger partial charge in [-0.1, -0.05) is 0 Å². The molecule has 0 bridgehead atoms. The van der Waals surface area contributed by atoms with E-state index in [-0.39, 0.29) is 6.04 Å². The molecule has 1 fully saturated rings. The Kier molecular flexibility index (Phi) is 1.82. The first-order valence-electron chi connectivity index (χ1n) is 3.10. The van der Waals surface area contributed by atoms with E-state index in [4.69, 9.17) is 5.41 Å². The third-order valence-electron chi connectivity index (χ3n) is 1.67. The number of aldehydes is 1. The summed E-state index contributed by atoms with van der Waals surface area (Å²) in [6.45, 7) is 0.868. The Morgan fingerprint density at radius 2 is 2.44 bits per heavy atom. The molecule has 1 aliphatic rings. The molecule has 0 aromatic heterocycles.